The summed E-state index contributed by atoms with van der Waals surface area (Å²) in [5, 5.41) is 19.4. The van der Waals surface area contributed by atoms with Gasteiger partial charge in [-0.2, -0.15) is 5.10 Å². The summed E-state index contributed by atoms with van der Waals surface area (Å²) >= 11 is 0. The van der Waals surface area contributed by atoms with Gasteiger partial charge in [-0.25, -0.2) is 4.68 Å². The molecule has 0 unspecified atom stereocenters. The van der Waals surface area contributed by atoms with Crippen LogP contribution in [0.4, 0.5) is 11.5 Å². The Labute approximate surface area is 141 Å². The van der Waals surface area contributed by atoms with Crippen LogP contribution in [-0.4, -0.2) is 21.2 Å². The molecule has 0 bridgehead atoms. The Morgan fingerprint density at radius 3 is 2.58 bits per heavy atom. The van der Waals surface area contributed by atoms with Crippen molar-refractivity contribution in [3.05, 3.63) is 45.6 Å². The summed E-state index contributed by atoms with van der Waals surface area (Å²) in [7, 11) is 0. The van der Waals surface area contributed by atoms with Crippen molar-refractivity contribution in [2.24, 2.45) is 0 Å². The van der Waals surface area contributed by atoms with Gasteiger partial charge in [0.05, 0.1) is 16.3 Å². The molecule has 2 aliphatic rings. The fourth-order valence-electron chi connectivity index (χ4n) is 3.96. The Morgan fingerprint density at radius 2 is 1.88 bits per heavy atom. The second-order valence-electron chi connectivity index (χ2n) is 6.76. The molecule has 0 spiro atoms. The van der Waals surface area contributed by atoms with E-state index < -0.39 is 0 Å². The van der Waals surface area contributed by atoms with Crippen molar-refractivity contribution in [2.45, 2.75) is 50.9 Å². The number of nitrogens with zero attached hydrogens (tertiary/aromatic N) is 3. The predicted octanol–water partition coefficient (Wildman–Crippen LogP) is 4.19. The molecule has 0 radical (unpaired) electrons. The van der Waals surface area contributed by atoms with Gasteiger partial charge in [0.15, 0.2) is 0 Å². The van der Waals surface area contributed by atoms with Crippen molar-refractivity contribution < 1.29 is 4.92 Å². The zero-order chi connectivity index (χ0) is 16.5. The second kappa shape index (κ2) is 6.26. The Bertz CT molecular complexity index is 745. The average Bonchev–Trinajstić information content (AvgIpc) is 3.17. The number of hydrogen-bond acceptors (Lipinski definition) is 4. The van der Waals surface area contributed by atoms with Crippen molar-refractivity contribution >= 4 is 11.5 Å². The minimum Gasteiger partial charge on any atom is -0.370 e. The average molecular weight is 326 g/mol. The molecule has 2 heterocycles. The minimum absolute atomic E-state index is 0.112. The van der Waals surface area contributed by atoms with Crippen LogP contribution in [0.15, 0.2) is 24.3 Å². The summed E-state index contributed by atoms with van der Waals surface area (Å²) in [6.45, 7) is 0.954. The molecule has 2 aromatic rings. The van der Waals surface area contributed by atoms with Gasteiger partial charge in [0, 0.05) is 30.2 Å². The molecule has 24 heavy (non-hydrogen) atoms. The fraction of sp³-hybridized carbons (Fsp3) is 0.500. The van der Waals surface area contributed by atoms with Gasteiger partial charge in [-0.05, 0) is 44.2 Å². The lowest BCUT2D eigenvalue weighted by Crippen LogP contribution is -2.07. The highest BCUT2D eigenvalue weighted by molar-refractivity contribution is 5.56. The monoisotopic (exact) mass is 326 g/mol. The summed E-state index contributed by atoms with van der Waals surface area (Å²) in [5.74, 6) is 1.65. The minimum atomic E-state index is -0.365. The predicted molar refractivity (Wildman–Crippen MR) is 92.9 cm³/mol. The number of hydrogen-bond donors (Lipinski definition) is 1. The van der Waals surface area contributed by atoms with Crippen molar-refractivity contribution in [1.29, 1.82) is 0 Å². The van der Waals surface area contributed by atoms with E-state index >= 15 is 0 Å². The molecule has 6 heteroatoms. The largest absolute Gasteiger partial charge is 0.370 e. The summed E-state index contributed by atoms with van der Waals surface area (Å²) in [6.07, 6.45) is 8.45. The highest BCUT2D eigenvalue weighted by Gasteiger charge is 2.28. The maximum Gasteiger partial charge on any atom is 0.269 e. The molecule has 1 aliphatic heterocycles. The number of nitro benzene ring substituents is 1. The third kappa shape index (κ3) is 2.66. The van der Waals surface area contributed by atoms with Gasteiger partial charge < -0.3 is 5.32 Å². The van der Waals surface area contributed by atoms with Crippen LogP contribution in [0.2, 0.25) is 0 Å². The first-order valence-electron chi connectivity index (χ1n) is 8.84. The van der Waals surface area contributed by atoms with Gasteiger partial charge in [-0.1, -0.05) is 12.8 Å². The molecule has 6 nitrogen and oxygen atoms in total. The number of rotatable bonds is 3. The normalized spacial score (nSPS) is 18.0. The molecule has 0 atom stereocenters. The molecule has 1 N–H and O–H groups in total. The van der Waals surface area contributed by atoms with Crippen molar-refractivity contribution in [3.63, 3.8) is 0 Å². The zero-order valence-electron chi connectivity index (χ0n) is 13.7. The van der Waals surface area contributed by atoms with Gasteiger partial charge in [0.25, 0.3) is 5.69 Å². The van der Waals surface area contributed by atoms with Crippen LogP contribution in [0.5, 0.6) is 0 Å². The van der Waals surface area contributed by atoms with Gasteiger partial charge in [-0.3, -0.25) is 10.1 Å². The smallest absolute Gasteiger partial charge is 0.269 e. The van der Waals surface area contributed by atoms with Crippen LogP contribution in [0.25, 0.3) is 5.69 Å². The lowest BCUT2D eigenvalue weighted by atomic mass is 9.97. The van der Waals surface area contributed by atoms with Crippen LogP contribution in [-0.2, 0) is 6.42 Å². The molecule has 4 rings (SSSR count). The number of nitro groups is 1. The molecular formula is C18H22N4O2. The van der Waals surface area contributed by atoms with Crippen LogP contribution < -0.4 is 5.32 Å². The third-order valence-electron chi connectivity index (χ3n) is 5.21. The van der Waals surface area contributed by atoms with Gasteiger partial charge in [0.1, 0.15) is 5.82 Å². The van der Waals surface area contributed by atoms with E-state index in [0.717, 1.165) is 24.5 Å². The Hall–Kier alpha value is -2.37. The summed E-state index contributed by atoms with van der Waals surface area (Å²) < 4.78 is 1.96. The first-order valence-corrected chi connectivity index (χ1v) is 8.84. The molecule has 1 aromatic heterocycles. The molecule has 1 saturated carbocycles. The number of benzene rings is 1. The topological polar surface area (TPSA) is 73.0 Å². The number of non-ortho nitro benzene ring substituents is 1. The highest BCUT2D eigenvalue weighted by Crippen LogP contribution is 2.39. The summed E-state index contributed by atoms with van der Waals surface area (Å²) in [4.78, 5) is 10.5. The SMILES string of the molecule is O=[N+]([O-])c1ccc(-n2nc(C3CCCC3)c3c2NCCCC3)cc1. The number of anilines is 1. The molecule has 0 saturated heterocycles. The van der Waals surface area contributed by atoms with Gasteiger partial charge >= 0.3 is 0 Å². The van der Waals surface area contributed by atoms with Crippen molar-refractivity contribution in [1.82, 2.24) is 9.78 Å². The third-order valence-corrected chi connectivity index (χ3v) is 5.21. The van der Waals surface area contributed by atoms with E-state index in [1.165, 1.54) is 49.8 Å². The quantitative estimate of drug-likeness (QED) is 0.678. The van der Waals surface area contributed by atoms with E-state index in [2.05, 4.69) is 5.32 Å². The number of nitrogens with one attached hydrogen (secondary N) is 1. The van der Waals surface area contributed by atoms with E-state index in [1.807, 2.05) is 4.68 Å². The molecule has 126 valence electrons. The van der Waals surface area contributed by atoms with E-state index in [0.29, 0.717) is 5.92 Å². The Balaban J connectivity index is 1.78. The first-order chi connectivity index (χ1) is 11.7. The van der Waals surface area contributed by atoms with Gasteiger partial charge in [0.2, 0.25) is 0 Å². The molecule has 1 aliphatic carbocycles. The van der Waals surface area contributed by atoms with E-state index in [9.17, 15) is 10.1 Å². The highest BCUT2D eigenvalue weighted by atomic mass is 16.6. The van der Waals surface area contributed by atoms with E-state index in [4.69, 9.17) is 5.10 Å². The maximum atomic E-state index is 10.9. The van der Waals surface area contributed by atoms with Gasteiger partial charge in [-0.15, -0.1) is 0 Å². The van der Waals surface area contributed by atoms with Crippen molar-refractivity contribution in [2.75, 3.05) is 11.9 Å². The Kier molecular flexibility index (Phi) is 3.96. The Morgan fingerprint density at radius 1 is 1.12 bits per heavy atom. The summed E-state index contributed by atoms with van der Waals surface area (Å²) in [5.41, 5.74) is 3.60. The molecular weight excluding hydrogens is 304 g/mol. The van der Waals surface area contributed by atoms with Crippen LogP contribution in [0, 0.1) is 10.1 Å². The second-order valence-corrected chi connectivity index (χ2v) is 6.76. The van der Waals surface area contributed by atoms with Crippen molar-refractivity contribution in [3.8, 4) is 5.69 Å². The first kappa shape index (κ1) is 15.2. The fourth-order valence-corrected chi connectivity index (χ4v) is 3.96. The number of fused-ring (bicyclic) bond motifs is 1. The maximum absolute atomic E-state index is 10.9. The molecule has 1 fully saturated rings. The zero-order valence-corrected chi connectivity index (χ0v) is 13.7. The molecule has 0 amide bonds. The molecule has 1 aromatic carbocycles. The summed E-state index contributed by atoms with van der Waals surface area (Å²) in [6, 6.07) is 6.68. The van der Waals surface area contributed by atoms with Crippen LogP contribution >= 0.6 is 0 Å². The van der Waals surface area contributed by atoms with E-state index in [-0.39, 0.29) is 10.6 Å². The standard InChI is InChI=1S/C18H22N4O2/c23-22(24)15-10-8-14(9-11-15)21-18-16(7-3-4-12-19-18)17(20-21)13-5-1-2-6-13/h8-11,13,19H,1-7,12H2. The lowest BCUT2D eigenvalue weighted by molar-refractivity contribution is -0.384. The van der Waals surface area contributed by atoms with Crippen LogP contribution in [0.3, 0.4) is 0 Å². The lowest BCUT2D eigenvalue weighted by Gasteiger charge is -2.09. The number of aromatic nitrogens is 2. The van der Waals surface area contributed by atoms with Crippen LogP contribution in [0.1, 0.15) is 55.7 Å². The van der Waals surface area contributed by atoms with E-state index in [1.54, 1.807) is 24.3 Å².